The van der Waals surface area contributed by atoms with Gasteiger partial charge in [0.05, 0.1) is 5.52 Å². The van der Waals surface area contributed by atoms with Crippen molar-refractivity contribution in [3.63, 3.8) is 0 Å². The van der Waals surface area contributed by atoms with E-state index >= 15 is 0 Å². The molecule has 0 N–H and O–H groups in total. The van der Waals surface area contributed by atoms with E-state index in [1.54, 1.807) is 6.20 Å². The molecule has 0 aliphatic carbocycles. The standard InChI is InChI=1S/C18H14N2O3/c21-18-22-12-15(23-18)9-8-14-11-13-5-1-2-6-16(13)20(14)17-7-3-4-10-19-17/h1-11,15H,12H2/b9-8+. The van der Waals surface area contributed by atoms with Gasteiger partial charge in [-0.15, -0.1) is 0 Å². The summed E-state index contributed by atoms with van der Waals surface area (Å²) in [6, 6.07) is 16.0. The Kier molecular flexibility index (Phi) is 3.31. The molecular weight excluding hydrogens is 292 g/mol. The smallest absolute Gasteiger partial charge is 0.430 e. The van der Waals surface area contributed by atoms with Crippen molar-refractivity contribution < 1.29 is 14.3 Å². The van der Waals surface area contributed by atoms with Crippen LogP contribution in [0.4, 0.5) is 4.79 Å². The van der Waals surface area contributed by atoms with Crippen molar-refractivity contribution in [3.05, 3.63) is 66.5 Å². The first-order valence-electron chi connectivity index (χ1n) is 7.35. The second-order valence-corrected chi connectivity index (χ2v) is 5.23. The number of rotatable bonds is 3. The Morgan fingerprint density at radius 1 is 1.17 bits per heavy atom. The summed E-state index contributed by atoms with van der Waals surface area (Å²) in [6.07, 6.45) is 4.56. The lowest BCUT2D eigenvalue weighted by molar-refractivity contribution is 0.125. The van der Waals surface area contributed by atoms with E-state index in [2.05, 4.69) is 27.8 Å². The number of hydrogen-bond acceptors (Lipinski definition) is 4. The van der Waals surface area contributed by atoms with E-state index in [1.165, 1.54) is 0 Å². The molecule has 2 aromatic heterocycles. The van der Waals surface area contributed by atoms with E-state index in [0.29, 0.717) is 0 Å². The predicted molar refractivity (Wildman–Crippen MR) is 86.3 cm³/mol. The number of pyridine rings is 1. The summed E-state index contributed by atoms with van der Waals surface area (Å²) in [5.41, 5.74) is 2.04. The Hall–Kier alpha value is -3.08. The highest BCUT2D eigenvalue weighted by molar-refractivity contribution is 5.85. The molecule has 1 fully saturated rings. The normalized spacial score (nSPS) is 17.6. The van der Waals surface area contributed by atoms with E-state index in [4.69, 9.17) is 9.47 Å². The molecule has 1 aliphatic rings. The third-order valence-corrected chi connectivity index (χ3v) is 3.71. The molecule has 1 saturated heterocycles. The Balaban J connectivity index is 1.79. The highest BCUT2D eigenvalue weighted by Crippen LogP contribution is 2.24. The van der Waals surface area contributed by atoms with Gasteiger partial charge in [0.1, 0.15) is 12.4 Å². The van der Waals surface area contributed by atoms with Gasteiger partial charge in [0.2, 0.25) is 0 Å². The van der Waals surface area contributed by atoms with Crippen molar-refractivity contribution in [3.8, 4) is 5.82 Å². The number of hydrogen-bond donors (Lipinski definition) is 0. The fourth-order valence-corrected chi connectivity index (χ4v) is 2.68. The largest absolute Gasteiger partial charge is 0.509 e. The summed E-state index contributed by atoms with van der Waals surface area (Å²) in [4.78, 5) is 15.4. The van der Waals surface area contributed by atoms with Gasteiger partial charge in [-0.25, -0.2) is 9.78 Å². The van der Waals surface area contributed by atoms with Gasteiger partial charge in [-0.3, -0.25) is 4.57 Å². The average molecular weight is 306 g/mol. The highest BCUT2D eigenvalue weighted by Gasteiger charge is 2.22. The van der Waals surface area contributed by atoms with Gasteiger partial charge in [-0.2, -0.15) is 0 Å². The van der Waals surface area contributed by atoms with E-state index in [0.717, 1.165) is 22.4 Å². The Morgan fingerprint density at radius 3 is 2.83 bits per heavy atom. The van der Waals surface area contributed by atoms with Crippen molar-refractivity contribution >= 4 is 23.1 Å². The molecule has 0 radical (unpaired) electrons. The molecule has 5 heteroatoms. The van der Waals surface area contributed by atoms with E-state index in [-0.39, 0.29) is 12.7 Å². The van der Waals surface area contributed by atoms with Crippen molar-refractivity contribution in [1.29, 1.82) is 0 Å². The molecule has 23 heavy (non-hydrogen) atoms. The molecule has 0 spiro atoms. The summed E-state index contributed by atoms with van der Waals surface area (Å²) < 4.78 is 11.9. The van der Waals surface area contributed by atoms with Crippen LogP contribution < -0.4 is 0 Å². The molecule has 3 aromatic rings. The molecule has 4 rings (SSSR count). The zero-order valence-corrected chi connectivity index (χ0v) is 12.3. The lowest BCUT2D eigenvalue weighted by atomic mass is 10.2. The number of ether oxygens (including phenoxy) is 2. The molecule has 0 saturated carbocycles. The maximum Gasteiger partial charge on any atom is 0.509 e. The monoisotopic (exact) mass is 306 g/mol. The third kappa shape index (κ3) is 2.57. The van der Waals surface area contributed by atoms with E-state index in [9.17, 15) is 4.79 Å². The molecule has 3 heterocycles. The van der Waals surface area contributed by atoms with Crippen LogP contribution in [-0.2, 0) is 9.47 Å². The number of cyclic esters (lactones) is 2. The first kappa shape index (κ1) is 13.6. The highest BCUT2D eigenvalue weighted by atomic mass is 16.8. The van der Waals surface area contributed by atoms with Gasteiger partial charge in [0, 0.05) is 17.3 Å². The fourth-order valence-electron chi connectivity index (χ4n) is 2.68. The van der Waals surface area contributed by atoms with Crippen LogP contribution in [-0.4, -0.2) is 28.4 Å². The zero-order valence-electron chi connectivity index (χ0n) is 12.3. The molecule has 1 unspecified atom stereocenters. The van der Waals surface area contributed by atoms with Gasteiger partial charge in [0.25, 0.3) is 0 Å². The average Bonchev–Trinajstić information content (AvgIpc) is 3.16. The number of carbonyl (C=O) groups is 1. The Labute approximate surface area is 132 Å². The Bertz CT molecular complexity index is 884. The second-order valence-electron chi connectivity index (χ2n) is 5.23. The number of para-hydroxylation sites is 1. The van der Waals surface area contributed by atoms with E-state index in [1.807, 2.05) is 42.5 Å². The van der Waals surface area contributed by atoms with Gasteiger partial charge in [-0.1, -0.05) is 24.3 Å². The maximum absolute atomic E-state index is 11.0. The van der Waals surface area contributed by atoms with Crippen molar-refractivity contribution in [1.82, 2.24) is 9.55 Å². The molecular formula is C18H14N2O3. The van der Waals surface area contributed by atoms with Crippen molar-refractivity contribution in [2.75, 3.05) is 6.61 Å². The number of fused-ring (bicyclic) bond motifs is 1. The van der Waals surface area contributed by atoms with Crippen LogP contribution in [0.3, 0.4) is 0 Å². The summed E-state index contributed by atoms with van der Waals surface area (Å²) in [6.45, 7) is 0.249. The van der Waals surface area contributed by atoms with Crippen LogP contribution in [0.25, 0.3) is 22.8 Å². The number of benzene rings is 1. The second kappa shape index (κ2) is 5.61. The molecule has 5 nitrogen and oxygen atoms in total. The summed E-state index contributed by atoms with van der Waals surface area (Å²) >= 11 is 0. The lowest BCUT2D eigenvalue weighted by Crippen LogP contribution is -2.05. The zero-order chi connectivity index (χ0) is 15.6. The van der Waals surface area contributed by atoms with Crippen LogP contribution in [0.15, 0.2) is 60.8 Å². The summed E-state index contributed by atoms with van der Waals surface area (Å²) in [5.74, 6) is 0.841. The molecule has 0 amide bonds. The quantitative estimate of drug-likeness (QED) is 0.694. The lowest BCUT2D eigenvalue weighted by Gasteiger charge is -2.07. The third-order valence-electron chi connectivity index (χ3n) is 3.71. The van der Waals surface area contributed by atoms with Crippen LogP contribution >= 0.6 is 0 Å². The SMILES string of the molecule is O=C1OCC(/C=C/c2cc3ccccc3n2-c2ccccn2)O1. The summed E-state index contributed by atoms with van der Waals surface area (Å²) in [5, 5.41) is 1.12. The Morgan fingerprint density at radius 2 is 2.04 bits per heavy atom. The van der Waals surface area contributed by atoms with Crippen LogP contribution in [0, 0.1) is 0 Å². The molecule has 0 bridgehead atoms. The minimum absolute atomic E-state index is 0.249. The van der Waals surface area contributed by atoms with Gasteiger partial charge < -0.3 is 9.47 Å². The van der Waals surface area contributed by atoms with Crippen LogP contribution in [0.1, 0.15) is 5.69 Å². The van der Waals surface area contributed by atoms with Crippen LogP contribution in [0.5, 0.6) is 0 Å². The van der Waals surface area contributed by atoms with Gasteiger partial charge in [-0.05, 0) is 36.4 Å². The topological polar surface area (TPSA) is 53.4 Å². The number of aromatic nitrogens is 2. The van der Waals surface area contributed by atoms with Crippen molar-refractivity contribution in [2.45, 2.75) is 6.10 Å². The number of nitrogens with zero attached hydrogens (tertiary/aromatic N) is 2. The first-order chi connectivity index (χ1) is 11.3. The minimum Gasteiger partial charge on any atom is -0.430 e. The van der Waals surface area contributed by atoms with E-state index < -0.39 is 6.16 Å². The summed E-state index contributed by atoms with van der Waals surface area (Å²) in [7, 11) is 0. The fraction of sp³-hybridized carbons (Fsp3) is 0.111. The molecule has 1 aromatic carbocycles. The van der Waals surface area contributed by atoms with Crippen molar-refractivity contribution in [2.24, 2.45) is 0 Å². The van der Waals surface area contributed by atoms with Gasteiger partial charge >= 0.3 is 6.16 Å². The number of carbonyl (C=O) groups excluding carboxylic acids is 1. The van der Waals surface area contributed by atoms with Crippen LogP contribution in [0.2, 0.25) is 0 Å². The minimum atomic E-state index is -0.620. The maximum atomic E-state index is 11.0. The van der Waals surface area contributed by atoms with Gasteiger partial charge in [0.15, 0.2) is 6.10 Å². The predicted octanol–water partition coefficient (Wildman–Crippen LogP) is 3.57. The molecule has 114 valence electrons. The molecule has 1 atom stereocenters. The molecule has 1 aliphatic heterocycles. The first-order valence-corrected chi connectivity index (χ1v) is 7.35.